The summed E-state index contributed by atoms with van der Waals surface area (Å²) in [6, 6.07) is 15.0. The van der Waals surface area contributed by atoms with Gasteiger partial charge in [-0.25, -0.2) is 4.98 Å². The van der Waals surface area contributed by atoms with Crippen LogP contribution in [0.5, 0.6) is 0 Å². The largest absolute Gasteiger partial charge is 0.352 e. The summed E-state index contributed by atoms with van der Waals surface area (Å²) in [6.45, 7) is 2.93. The molecule has 0 radical (unpaired) electrons. The molecule has 0 aliphatic rings. The molecule has 0 spiro atoms. The molecule has 1 aromatic heterocycles. The van der Waals surface area contributed by atoms with Gasteiger partial charge >= 0.3 is 0 Å². The molecule has 164 valence electrons. The number of hydrogen-bond acceptors (Lipinski definition) is 2. The maximum absolute atomic E-state index is 13.0. The number of halogens is 2. The van der Waals surface area contributed by atoms with Crippen LogP contribution in [0.4, 0.5) is 0 Å². The molecular formula is C26H30Cl2N2O. The lowest BCUT2D eigenvalue weighted by Crippen LogP contribution is -2.24. The van der Waals surface area contributed by atoms with Crippen LogP contribution in [0.15, 0.2) is 48.5 Å². The molecule has 5 heteroatoms. The second kappa shape index (κ2) is 12.1. The molecule has 3 aromatic rings. The minimum atomic E-state index is -0.0668. The molecule has 2 aromatic carbocycles. The maximum Gasteiger partial charge on any atom is 0.252 e. The van der Waals surface area contributed by atoms with Gasteiger partial charge in [0.2, 0.25) is 0 Å². The van der Waals surface area contributed by atoms with E-state index < -0.39 is 0 Å². The molecule has 0 saturated carbocycles. The number of pyridine rings is 1. The van der Waals surface area contributed by atoms with Crippen molar-refractivity contribution in [2.75, 3.05) is 6.54 Å². The Hall–Kier alpha value is -2.10. The summed E-state index contributed by atoms with van der Waals surface area (Å²) in [7, 11) is 0. The fraction of sp³-hybridized carbons (Fsp3) is 0.385. The zero-order valence-electron chi connectivity index (χ0n) is 18.1. The van der Waals surface area contributed by atoms with Gasteiger partial charge in [0.1, 0.15) is 0 Å². The summed E-state index contributed by atoms with van der Waals surface area (Å²) in [5, 5.41) is 4.90. The van der Waals surface area contributed by atoms with E-state index in [1.165, 1.54) is 38.5 Å². The average Bonchev–Trinajstić information content (AvgIpc) is 2.79. The quantitative estimate of drug-likeness (QED) is 0.296. The van der Waals surface area contributed by atoms with Crippen molar-refractivity contribution < 1.29 is 4.79 Å². The Labute approximate surface area is 195 Å². The highest BCUT2D eigenvalue weighted by Crippen LogP contribution is 2.30. The monoisotopic (exact) mass is 456 g/mol. The second-order valence-electron chi connectivity index (χ2n) is 7.93. The molecular weight excluding hydrogens is 427 g/mol. The number of aromatic nitrogens is 1. The van der Waals surface area contributed by atoms with Crippen molar-refractivity contribution in [3.63, 3.8) is 0 Å². The SMILES string of the molecule is CCCCCCCCCCNC(=O)c1cc(-c2ccc(Cl)c(Cl)c2)nc2ccccc12. The van der Waals surface area contributed by atoms with Gasteiger partial charge in [0, 0.05) is 17.5 Å². The number of benzene rings is 2. The highest BCUT2D eigenvalue weighted by atomic mass is 35.5. The molecule has 1 N–H and O–H groups in total. The van der Waals surface area contributed by atoms with Crippen LogP contribution in [0.3, 0.4) is 0 Å². The van der Waals surface area contributed by atoms with Gasteiger partial charge in [-0.2, -0.15) is 0 Å². The fourth-order valence-electron chi connectivity index (χ4n) is 3.72. The number of unbranched alkanes of at least 4 members (excludes halogenated alkanes) is 7. The van der Waals surface area contributed by atoms with Crippen molar-refractivity contribution >= 4 is 40.0 Å². The van der Waals surface area contributed by atoms with E-state index in [4.69, 9.17) is 28.2 Å². The molecule has 0 saturated heterocycles. The van der Waals surface area contributed by atoms with Crippen LogP contribution in [0.2, 0.25) is 10.0 Å². The van der Waals surface area contributed by atoms with Crippen LogP contribution in [0, 0.1) is 0 Å². The van der Waals surface area contributed by atoms with Gasteiger partial charge in [0.15, 0.2) is 0 Å². The van der Waals surface area contributed by atoms with E-state index in [2.05, 4.69) is 12.2 Å². The molecule has 0 aliphatic carbocycles. The number of carbonyl (C=O) groups excluding carboxylic acids is 1. The minimum absolute atomic E-state index is 0.0668. The van der Waals surface area contributed by atoms with Crippen LogP contribution in [0.1, 0.15) is 68.6 Å². The number of fused-ring (bicyclic) bond motifs is 1. The van der Waals surface area contributed by atoms with Crippen LogP contribution < -0.4 is 5.32 Å². The van der Waals surface area contributed by atoms with Crippen LogP contribution in [0.25, 0.3) is 22.2 Å². The molecule has 3 nitrogen and oxygen atoms in total. The van der Waals surface area contributed by atoms with E-state index in [1.807, 2.05) is 36.4 Å². The van der Waals surface area contributed by atoms with Gasteiger partial charge in [0.05, 0.1) is 26.8 Å². The van der Waals surface area contributed by atoms with Gasteiger partial charge in [-0.3, -0.25) is 4.79 Å². The van der Waals surface area contributed by atoms with Crippen LogP contribution in [-0.4, -0.2) is 17.4 Å². The number of para-hydroxylation sites is 1. The van der Waals surface area contributed by atoms with Gasteiger partial charge in [-0.15, -0.1) is 0 Å². The van der Waals surface area contributed by atoms with Crippen LogP contribution >= 0.6 is 23.2 Å². The molecule has 3 rings (SSSR count). The average molecular weight is 457 g/mol. The molecule has 0 aliphatic heterocycles. The molecule has 0 atom stereocenters. The highest BCUT2D eigenvalue weighted by Gasteiger charge is 2.14. The lowest BCUT2D eigenvalue weighted by atomic mass is 10.0. The van der Waals surface area contributed by atoms with Crippen LogP contribution in [-0.2, 0) is 0 Å². The van der Waals surface area contributed by atoms with E-state index in [1.54, 1.807) is 12.1 Å². The van der Waals surface area contributed by atoms with Crippen molar-refractivity contribution in [3.05, 3.63) is 64.1 Å². The molecule has 0 bridgehead atoms. The first-order valence-corrected chi connectivity index (χ1v) is 12.0. The Kier molecular flexibility index (Phi) is 9.17. The van der Waals surface area contributed by atoms with Crippen molar-refractivity contribution in [1.29, 1.82) is 0 Å². The van der Waals surface area contributed by atoms with E-state index in [-0.39, 0.29) is 5.91 Å². The zero-order chi connectivity index (χ0) is 22.1. The minimum Gasteiger partial charge on any atom is -0.352 e. The van der Waals surface area contributed by atoms with Gasteiger partial charge in [-0.05, 0) is 30.7 Å². The zero-order valence-corrected chi connectivity index (χ0v) is 19.6. The van der Waals surface area contributed by atoms with Crippen molar-refractivity contribution in [2.45, 2.75) is 58.3 Å². The number of nitrogens with one attached hydrogen (secondary N) is 1. The molecule has 1 heterocycles. The summed E-state index contributed by atoms with van der Waals surface area (Å²) in [5.74, 6) is -0.0668. The standard InChI is InChI=1S/C26H30Cl2N2O/c1-2-3-4-5-6-7-8-11-16-29-26(31)21-18-25(19-14-15-22(27)23(28)17-19)30-24-13-10-9-12-20(21)24/h9-10,12-15,17-18H,2-8,11,16H2,1H3,(H,29,31). The molecule has 1 amide bonds. The smallest absolute Gasteiger partial charge is 0.252 e. The van der Waals surface area contributed by atoms with E-state index in [0.717, 1.165) is 29.3 Å². The van der Waals surface area contributed by atoms with E-state index in [0.29, 0.717) is 27.8 Å². The van der Waals surface area contributed by atoms with Gasteiger partial charge in [-0.1, -0.05) is 99.3 Å². The Morgan fingerprint density at radius 3 is 2.32 bits per heavy atom. The highest BCUT2D eigenvalue weighted by molar-refractivity contribution is 6.42. The maximum atomic E-state index is 13.0. The first-order valence-electron chi connectivity index (χ1n) is 11.2. The van der Waals surface area contributed by atoms with Crippen molar-refractivity contribution in [2.24, 2.45) is 0 Å². The number of carbonyl (C=O) groups is 1. The lowest BCUT2D eigenvalue weighted by Gasteiger charge is -2.11. The van der Waals surface area contributed by atoms with E-state index in [9.17, 15) is 4.79 Å². The summed E-state index contributed by atoms with van der Waals surface area (Å²) in [5.41, 5.74) is 2.95. The van der Waals surface area contributed by atoms with Gasteiger partial charge in [0.25, 0.3) is 5.91 Å². The fourth-order valence-corrected chi connectivity index (χ4v) is 4.02. The Morgan fingerprint density at radius 1 is 0.871 bits per heavy atom. The number of rotatable bonds is 11. The predicted octanol–water partition coefficient (Wildman–Crippen LogP) is 8.08. The normalized spacial score (nSPS) is 11.1. The first-order chi connectivity index (χ1) is 15.1. The molecule has 0 unspecified atom stereocenters. The Morgan fingerprint density at radius 2 is 1.58 bits per heavy atom. The number of nitrogens with zero attached hydrogens (tertiary/aromatic N) is 1. The molecule has 31 heavy (non-hydrogen) atoms. The van der Waals surface area contributed by atoms with Crippen molar-refractivity contribution in [3.8, 4) is 11.3 Å². The lowest BCUT2D eigenvalue weighted by molar-refractivity contribution is 0.0954. The number of amides is 1. The topological polar surface area (TPSA) is 42.0 Å². The molecule has 0 fully saturated rings. The van der Waals surface area contributed by atoms with Crippen molar-refractivity contribution in [1.82, 2.24) is 10.3 Å². The Balaban J connectivity index is 1.66. The second-order valence-corrected chi connectivity index (χ2v) is 8.75. The third-order valence-electron chi connectivity index (χ3n) is 5.49. The summed E-state index contributed by atoms with van der Waals surface area (Å²) >= 11 is 12.2. The summed E-state index contributed by atoms with van der Waals surface area (Å²) in [4.78, 5) is 17.7. The summed E-state index contributed by atoms with van der Waals surface area (Å²) in [6.07, 6.45) is 9.95. The van der Waals surface area contributed by atoms with Gasteiger partial charge < -0.3 is 5.32 Å². The number of hydrogen-bond donors (Lipinski definition) is 1. The van der Waals surface area contributed by atoms with E-state index >= 15 is 0 Å². The third-order valence-corrected chi connectivity index (χ3v) is 6.23. The Bertz CT molecular complexity index is 1020. The summed E-state index contributed by atoms with van der Waals surface area (Å²) < 4.78 is 0. The third kappa shape index (κ3) is 6.69. The first kappa shape index (κ1) is 23.6. The predicted molar refractivity (Wildman–Crippen MR) is 132 cm³/mol.